The zero-order valence-electron chi connectivity index (χ0n) is 9.22. The van der Waals surface area contributed by atoms with E-state index in [9.17, 15) is 0 Å². The predicted octanol–water partition coefficient (Wildman–Crippen LogP) is 2.22. The fourth-order valence-corrected chi connectivity index (χ4v) is 1.45. The van der Waals surface area contributed by atoms with Gasteiger partial charge >= 0.3 is 0 Å². The molecule has 1 heterocycles. The van der Waals surface area contributed by atoms with Crippen LogP contribution in [0.2, 0.25) is 0 Å². The quantitative estimate of drug-likeness (QED) is 0.825. The summed E-state index contributed by atoms with van der Waals surface area (Å²) in [5.74, 6) is 0.294. The zero-order chi connectivity index (χ0) is 11.4. The Morgan fingerprint density at radius 1 is 1.31 bits per heavy atom. The number of aromatic hydroxyl groups is 1. The van der Waals surface area contributed by atoms with Crippen molar-refractivity contribution in [1.29, 1.82) is 0 Å². The highest BCUT2D eigenvalue weighted by Crippen LogP contribution is 2.12. The Kier molecular flexibility index (Phi) is 3.10. The SMILES string of the molecule is CCn1cc(NCc2ccc(O)cc2)cn1. The maximum Gasteiger partial charge on any atom is 0.115 e. The van der Waals surface area contributed by atoms with Crippen molar-refractivity contribution in [1.82, 2.24) is 9.78 Å². The minimum Gasteiger partial charge on any atom is -0.508 e. The smallest absolute Gasteiger partial charge is 0.115 e. The van der Waals surface area contributed by atoms with Crippen LogP contribution in [-0.4, -0.2) is 14.9 Å². The monoisotopic (exact) mass is 217 g/mol. The number of aromatic nitrogens is 2. The van der Waals surface area contributed by atoms with E-state index < -0.39 is 0 Å². The van der Waals surface area contributed by atoms with Crippen LogP contribution in [0, 0.1) is 0 Å². The summed E-state index contributed by atoms with van der Waals surface area (Å²) in [6.07, 6.45) is 3.78. The minimum absolute atomic E-state index is 0.294. The summed E-state index contributed by atoms with van der Waals surface area (Å²) in [6.45, 7) is 3.66. The highest BCUT2D eigenvalue weighted by atomic mass is 16.3. The molecular formula is C12H15N3O. The molecule has 84 valence electrons. The maximum absolute atomic E-state index is 9.14. The molecule has 0 spiro atoms. The van der Waals surface area contributed by atoms with Crippen LogP contribution >= 0.6 is 0 Å². The third-order valence-electron chi connectivity index (χ3n) is 2.39. The van der Waals surface area contributed by atoms with Gasteiger partial charge in [0.05, 0.1) is 11.9 Å². The number of phenols is 1. The highest BCUT2D eigenvalue weighted by molar-refractivity contribution is 5.39. The van der Waals surface area contributed by atoms with Gasteiger partial charge in [0.1, 0.15) is 5.75 Å². The van der Waals surface area contributed by atoms with E-state index >= 15 is 0 Å². The van der Waals surface area contributed by atoms with E-state index in [1.165, 1.54) is 0 Å². The zero-order valence-corrected chi connectivity index (χ0v) is 9.22. The van der Waals surface area contributed by atoms with Crippen molar-refractivity contribution in [2.75, 3.05) is 5.32 Å². The molecule has 0 saturated carbocycles. The molecule has 0 atom stereocenters. The first-order valence-electron chi connectivity index (χ1n) is 5.32. The number of nitrogens with one attached hydrogen (secondary N) is 1. The van der Waals surface area contributed by atoms with Crippen LogP contribution in [0.3, 0.4) is 0 Å². The Labute approximate surface area is 94.5 Å². The van der Waals surface area contributed by atoms with Gasteiger partial charge in [-0.25, -0.2) is 0 Å². The van der Waals surface area contributed by atoms with Crippen LogP contribution in [0.4, 0.5) is 5.69 Å². The van der Waals surface area contributed by atoms with Crippen molar-refractivity contribution in [3.8, 4) is 5.75 Å². The number of rotatable bonds is 4. The van der Waals surface area contributed by atoms with E-state index in [4.69, 9.17) is 5.11 Å². The molecule has 0 fully saturated rings. The van der Waals surface area contributed by atoms with E-state index in [1.54, 1.807) is 12.1 Å². The third kappa shape index (κ3) is 2.53. The number of anilines is 1. The molecule has 4 nitrogen and oxygen atoms in total. The second-order valence-electron chi connectivity index (χ2n) is 3.60. The molecule has 1 aromatic carbocycles. The number of hydrogen-bond donors (Lipinski definition) is 2. The summed E-state index contributed by atoms with van der Waals surface area (Å²) in [5, 5.41) is 16.6. The van der Waals surface area contributed by atoms with Crippen LogP contribution < -0.4 is 5.32 Å². The fourth-order valence-electron chi connectivity index (χ4n) is 1.45. The third-order valence-corrected chi connectivity index (χ3v) is 2.39. The van der Waals surface area contributed by atoms with E-state index in [1.807, 2.05) is 29.2 Å². The molecule has 2 rings (SSSR count). The standard InChI is InChI=1S/C12H15N3O/c1-2-15-9-11(8-14-15)13-7-10-3-5-12(16)6-4-10/h3-6,8-9,13,16H,2,7H2,1H3. The summed E-state index contributed by atoms with van der Waals surface area (Å²) in [6, 6.07) is 7.16. The van der Waals surface area contributed by atoms with Crippen molar-refractivity contribution >= 4 is 5.69 Å². The molecule has 2 aromatic rings. The lowest BCUT2D eigenvalue weighted by atomic mass is 10.2. The van der Waals surface area contributed by atoms with Gasteiger partial charge in [0.2, 0.25) is 0 Å². The molecule has 1 aromatic heterocycles. The fraction of sp³-hybridized carbons (Fsp3) is 0.250. The van der Waals surface area contributed by atoms with Crippen molar-refractivity contribution in [3.05, 3.63) is 42.2 Å². The van der Waals surface area contributed by atoms with Gasteiger partial charge in [0.25, 0.3) is 0 Å². The molecule has 0 unspecified atom stereocenters. The summed E-state index contributed by atoms with van der Waals surface area (Å²) >= 11 is 0. The van der Waals surface area contributed by atoms with Crippen molar-refractivity contribution < 1.29 is 5.11 Å². The number of phenolic OH excluding ortho intramolecular Hbond substituents is 1. The van der Waals surface area contributed by atoms with Gasteiger partial charge in [0, 0.05) is 19.3 Å². The second-order valence-corrected chi connectivity index (χ2v) is 3.60. The lowest BCUT2D eigenvalue weighted by Gasteiger charge is -2.03. The summed E-state index contributed by atoms with van der Waals surface area (Å²) in [4.78, 5) is 0. The Morgan fingerprint density at radius 2 is 2.06 bits per heavy atom. The molecule has 0 aliphatic rings. The second kappa shape index (κ2) is 4.70. The molecule has 4 heteroatoms. The van der Waals surface area contributed by atoms with Gasteiger partial charge in [0.15, 0.2) is 0 Å². The van der Waals surface area contributed by atoms with Gasteiger partial charge in [-0.05, 0) is 24.6 Å². The van der Waals surface area contributed by atoms with Gasteiger partial charge < -0.3 is 10.4 Å². The summed E-state index contributed by atoms with van der Waals surface area (Å²) in [7, 11) is 0. The Morgan fingerprint density at radius 3 is 2.69 bits per heavy atom. The average molecular weight is 217 g/mol. The van der Waals surface area contributed by atoms with Gasteiger partial charge in [-0.1, -0.05) is 12.1 Å². The predicted molar refractivity (Wildman–Crippen MR) is 63.3 cm³/mol. The van der Waals surface area contributed by atoms with Crippen molar-refractivity contribution in [3.63, 3.8) is 0 Å². The van der Waals surface area contributed by atoms with E-state index in [-0.39, 0.29) is 0 Å². The van der Waals surface area contributed by atoms with Gasteiger partial charge in [-0.2, -0.15) is 5.10 Å². The van der Waals surface area contributed by atoms with Crippen molar-refractivity contribution in [2.24, 2.45) is 0 Å². The summed E-state index contributed by atoms with van der Waals surface area (Å²) in [5.41, 5.74) is 2.14. The normalized spacial score (nSPS) is 10.3. The number of nitrogens with zero attached hydrogens (tertiary/aromatic N) is 2. The topological polar surface area (TPSA) is 50.1 Å². The molecule has 0 bridgehead atoms. The summed E-state index contributed by atoms with van der Waals surface area (Å²) < 4.78 is 1.87. The molecule has 0 aliphatic carbocycles. The first-order chi connectivity index (χ1) is 7.78. The van der Waals surface area contributed by atoms with Crippen LogP contribution in [0.25, 0.3) is 0 Å². The Balaban J connectivity index is 1.94. The lowest BCUT2D eigenvalue weighted by Crippen LogP contribution is -1.98. The highest BCUT2D eigenvalue weighted by Gasteiger charge is 1.97. The number of benzene rings is 1. The maximum atomic E-state index is 9.14. The van der Waals surface area contributed by atoms with Crippen LogP contribution in [0.1, 0.15) is 12.5 Å². The van der Waals surface area contributed by atoms with Gasteiger partial charge in [-0.3, -0.25) is 4.68 Å². The molecule has 0 aliphatic heterocycles. The molecule has 0 radical (unpaired) electrons. The molecule has 2 N–H and O–H groups in total. The van der Waals surface area contributed by atoms with E-state index in [0.717, 1.165) is 24.3 Å². The van der Waals surface area contributed by atoms with Crippen LogP contribution in [-0.2, 0) is 13.1 Å². The minimum atomic E-state index is 0.294. The first-order valence-corrected chi connectivity index (χ1v) is 5.32. The van der Waals surface area contributed by atoms with Crippen molar-refractivity contribution in [2.45, 2.75) is 20.0 Å². The number of hydrogen-bond acceptors (Lipinski definition) is 3. The van der Waals surface area contributed by atoms with E-state index in [0.29, 0.717) is 5.75 Å². The average Bonchev–Trinajstić information content (AvgIpc) is 2.76. The molecule has 0 amide bonds. The molecule has 16 heavy (non-hydrogen) atoms. The van der Waals surface area contributed by atoms with Crippen LogP contribution in [0.15, 0.2) is 36.7 Å². The Hall–Kier alpha value is -1.97. The first kappa shape index (κ1) is 10.5. The van der Waals surface area contributed by atoms with Gasteiger partial charge in [-0.15, -0.1) is 0 Å². The number of aryl methyl sites for hydroxylation is 1. The molecule has 0 saturated heterocycles. The lowest BCUT2D eigenvalue weighted by molar-refractivity contribution is 0.475. The van der Waals surface area contributed by atoms with Crippen LogP contribution in [0.5, 0.6) is 5.75 Å². The molecular weight excluding hydrogens is 202 g/mol. The van der Waals surface area contributed by atoms with E-state index in [2.05, 4.69) is 17.3 Å². The Bertz CT molecular complexity index is 448. The largest absolute Gasteiger partial charge is 0.508 e.